The molecule has 0 heterocycles. The molecule has 0 saturated carbocycles. The minimum atomic E-state index is 0.342. The van der Waals surface area contributed by atoms with Crippen molar-refractivity contribution in [2.24, 2.45) is 0 Å². The third-order valence-corrected chi connectivity index (χ3v) is 2.86. The summed E-state index contributed by atoms with van der Waals surface area (Å²) in [6, 6.07) is 15.2. The molecule has 2 aromatic carbocycles. The van der Waals surface area contributed by atoms with E-state index in [4.69, 9.17) is 27.9 Å². The minimum absolute atomic E-state index is 0.342. The van der Waals surface area contributed by atoms with Gasteiger partial charge in [0.25, 0.3) is 0 Å². The van der Waals surface area contributed by atoms with Gasteiger partial charge in [-0.3, -0.25) is 0 Å². The Morgan fingerprint density at radius 3 is 2.26 bits per heavy atom. The summed E-state index contributed by atoms with van der Waals surface area (Å²) in [5, 5.41) is 0.728. The van der Waals surface area contributed by atoms with Gasteiger partial charge in [0.1, 0.15) is 12.4 Å². The molecule has 0 aliphatic carbocycles. The van der Waals surface area contributed by atoms with E-state index in [1.165, 1.54) is 0 Å². The first-order valence-electron chi connectivity index (χ1n) is 5.80. The van der Waals surface area contributed by atoms with E-state index in [-0.39, 0.29) is 0 Å². The van der Waals surface area contributed by atoms with E-state index in [9.17, 15) is 0 Å². The summed E-state index contributed by atoms with van der Waals surface area (Å²) in [4.78, 5) is 0. The van der Waals surface area contributed by atoms with Gasteiger partial charge in [0.15, 0.2) is 0 Å². The maximum absolute atomic E-state index is 5.82. The van der Waals surface area contributed by atoms with Gasteiger partial charge < -0.3 is 4.74 Å². The van der Waals surface area contributed by atoms with E-state index in [1.54, 1.807) is 0 Å². The van der Waals surface area contributed by atoms with Crippen LogP contribution in [0.25, 0.3) is 0 Å². The monoisotopic (exact) mass is 290 g/mol. The molecule has 0 aliphatic heterocycles. The van der Waals surface area contributed by atoms with Gasteiger partial charge >= 0.3 is 0 Å². The number of halogens is 2. The summed E-state index contributed by atoms with van der Waals surface area (Å²) in [7, 11) is 0. The van der Waals surface area contributed by atoms with Crippen molar-refractivity contribution < 1.29 is 4.74 Å². The van der Waals surface area contributed by atoms with Gasteiger partial charge in [0, 0.05) is 10.6 Å². The Bertz CT molecular complexity index is 577. The predicted molar refractivity (Wildman–Crippen MR) is 79.8 cm³/mol. The maximum Gasteiger partial charge on any atom is 0.119 e. The Balaban J connectivity index is 1.94. The first-order valence-corrected chi connectivity index (χ1v) is 6.71. The first-order chi connectivity index (χ1) is 9.28. The van der Waals surface area contributed by atoms with Gasteiger partial charge in [-0.15, -0.1) is 11.6 Å². The van der Waals surface area contributed by atoms with Crippen LogP contribution < -0.4 is 4.74 Å². The van der Waals surface area contributed by atoms with Gasteiger partial charge in [-0.2, -0.15) is 0 Å². The Labute approximate surface area is 123 Å². The highest BCUT2D eigenvalue weighted by Gasteiger charge is 1.96. The molecule has 0 fully saturated rings. The average Bonchev–Trinajstić information content (AvgIpc) is 2.46. The fourth-order valence-electron chi connectivity index (χ4n) is 1.52. The zero-order valence-corrected chi connectivity index (χ0v) is 11.7. The van der Waals surface area contributed by atoms with Crippen LogP contribution in [-0.4, -0.2) is 5.88 Å². The molecule has 96 valence electrons. The smallest absolute Gasteiger partial charge is 0.119 e. The normalized spacial score (nSPS) is 9.58. The van der Waals surface area contributed by atoms with E-state index >= 15 is 0 Å². The number of hydrogen-bond donors (Lipinski definition) is 0. The predicted octanol–water partition coefficient (Wildman–Crippen LogP) is 4.51. The lowest BCUT2D eigenvalue weighted by molar-refractivity contribution is 0.306. The average molecular weight is 291 g/mol. The molecule has 0 bridgehead atoms. The number of rotatable bonds is 3. The van der Waals surface area contributed by atoms with Crippen LogP contribution in [0.1, 0.15) is 11.1 Å². The molecule has 0 radical (unpaired) electrons. The van der Waals surface area contributed by atoms with Gasteiger partial charge in [0.05, 0.1) is 5.88 Å². The van der Waals surface area contributed by atoms with Crippen LogP contribution in [0.15, 0.2) is 48.5 Å². The summed E-state index contributed by atoms with van der Waals surface area (Å²) >= 11 is 11.3. The van der Waals surface area contributed by atoms with Crippen LogP contribution in [-0.2, 0) is 6.61 Å². The third-order valence-electron chi connectivity index (χ3n) is 2.47. The maximum atomic E-state index is 5.82. The topological polar surface area (TPSA) is 9.23 Å². The minimum Gasteiger partial charge on any atom is -0.489 e. The molecular weight excluding hydrogens is 279 g/mol. The molecule has 0 spiro atoms. The molecule has 3 heteroatoms. The second-order valence-electron chi connectivity index (χ2n) is 3.87. The number of ether oxygens (including phenoxy) is 1. The zero-order valence-electron chi connectivity index (χ0n) is 10.2. The van der Waals surface area contributed by atoms with Crippen LogP contribution in [0.3, 0.4) is 0 Å². The summed E-state index contributed by atoms with van der Waals surface area (Å²) in [6.07, 6.45) is 0. The summed E-state index contributed by atoms with van der Waals surface area (Å²) in [5.74, 6) is 6.91. The number of hydrogen-bond acceptors (Lipinski definition) is 1. The zero-order chi connectivity index (χ0) is 13.5. The Hall–Kier alpha value is -1.62. The van der Waals surface area contributed by atoms with Crippen molar-refractivity contribution in [3.8, 4) is 17.6 Å². The standard InChI is InChI=1S/C16H12Cl2O/c17-11-1-2-13-5-9-16(10-6-13)19-12-14-3-7-15(18)8-4-14/h3-10H,11-12H2. The van der Waals surface area contributed by atoms with Crippen molar-refractivity contribution in [1.29, 1.82) is 0 Å². The molecule has 0 N–H and O–H groups in total. The van der Waals surface area contributed by atoms with E-state index in [2.05, 4.69) is 11.8 Å². The molecule has 0 aromatic heterocycles. The Morgan fingerprint density at radius 1 is 0.947 bits per heavy atom. The van der Waals surface area contributed by atoms with Crippen molar-refractivity contribution >= 4 is 23.2 Å². The molecule has 0 amide bonds. The quantitative estimate of drug-likeness (QED) is 0.597. The molecule has 0 atom stereocenters. The summed E-state index contributed by atoms with van der Waals surface area (Å²) in [6.45, 7) is 0.518. The third kappa shape index (κ3) is 4.52. The number of alkyl halides is 1. The molecule has 2 rings (SSSR count). The van der Waals surface area contributed by atoms with E-state index < -0.39 is 0 Å². The Kier molecular flexibility index (Phi) is 5.15. The SMILES string of the molecule is ClCC#Cc1ccc(OCc2ccc(Cl)cc2)cc1. The van der Waals surface area contributed by atoms with Crippen LogP contribution >= 0.6 is 23.2 Å². The van der Waals surface area contributed by atoms with Crippen LogP contribution in [0.5, 0.6) is 5.75 Å². The largest absolute Gasteiger partial charge is 0.489 e. The molecule has 1 nitrogen and oxygen atoms in total. The van der Waals surface area contributed by atoms with E-state index in [1.807, 2.05) is 48.5 Å². The highest BCUT2D eigenvalue weighted by atomic mass is 35.5. The van der Waals surface area contributed by atoms with Crippen molar-refractivity contribution in [3.63, 3.8) is 0 Å². The van der Waals surface area contributed by atoms with Gasteiger partial charge in [-0.25, -0.2) is 0 Å². The van der Waals surface area contributed by atoms with Crippen LogP contribution in [0, 0.1) is 11.8 Å². The molecule has 19 heavy (non-hydrogen) atoms. The van der Waals surface area contributed by atoms with E-state index in [0.29, 0.717) is 12.5 Å². The highest BCUT2D eigenvalue weighted by Crippen LogP contribution is 2.15. The lowest BCUT2D eigenvalue weighted by Gasteiger charge is -2.06. The fraction of sp³-hybridized carbons (Fsp3) is 0.125. The van der Waals surface area contributed by atoms with Crippen LogP contribution in [0.4, 0.5) is 0 Å². The lowest BCUT2D eigenvalue weighted by Crippen LogP contribution is -1.94. The van der Waals surface area contributed by atoms with Crippen LogP contribution in [0.2, 0.25) is 5.02 Å². The summed E-state index contributed by atoms with van der Waals surface area (Å²) < 4.78 is 5.67. The van der Waals surface area contributed by atoms with Crippen molar-refractivity contribution in [2.45, 2.75) is 6.61 Å². The van der Waals surface area contributed by atoms with Crippen molar-refractivity contribution in [3.05, 3.63) is 64.7 Å². The molecule has 0 unspecified atom stereocenters. The molecular formula is C16H12Cl2O. The molecule has 0 aliphatic rings. The highest BCUT2D eigenvalue weighted by molar-refractivity contribution is 6.30. The second-order valence-corrected chi connectivity index (χ2v) is 4.58. The lowest BCUT2D eigenvalue weighted by atomic mass is 10.2. The fourth-order valence-corrected chi connectivity index (χ4v) is 1.71. The first kappa shape index (κ1) is 13.8. The Morgan fingerprint density at radius 2 is 1.63 bits per heavy atom. The van der Waals surface area contributed by atoms with E-state index in [0.717, 1.165) is 21.9 Å². The summed E-state index contributed by atoms with van der Waals surface area (Å²) in [5.41, 5.74) is 2.01. The molecule has 0 saturated heterocycles. The van der Waals surface area contributed by atoms with Gasteiger partial charge in [0.2, 0.25) is 0 Å². The van der Waals surface area contributed by atoms with Gasteiger partial charge in [-0.05, 0) is 42.0 Å². The van der Waals surface area contributed by atoms with Crippen molar-refractivity contribution in [1.82, 2.24) is 0 Å². The van der Waals surface area contributed by atoms with Crippen molar-refractivity contribution in [2.75, 3.05) is 5.88 Å². The molecule has 2 aromatic rings. The van der Waals surface area contributed by atoms with Gasteiger partial charge in [-0.1, -0.05) is 35.6 Å². The number of benzene rings is 2. The second kappa shape index (κ2) is 7.09.